The van der Waals surface area contributed by atoms with Crippen LogP contribution < -0.4 is 5.32 Å². The number of aliphatic imine (C=N–C) groups is 1. The van der Waals surface area contributed by atoms with Gasteiger partial charge in [0.2, 0.25) is 5.91 Å². The number of hydrogen-bond donors (Lipinski definition) is 1. The molecule has 142 valence electrons. The van der Waals surface area contributed by atoms with E-state index < -0.39 is 0 Å². The molecule has 0 saturated carbocycles. The molecule has 7 heteroatoms. The predicted molar refractivity (Wildman–Crippen MR) is 117 cm³/mol. The summed E-state index contributed by atoms with van der Waals surface area (Å²) in [5, 5.41) is 3.18. The van der Waals surface area contributed by atoms with Crippen LogP contribution in [0.2, 0.25) is 0 Å². The van der Waals surface area contributed by atoms with E-state index in [0.29, 0.717) is 19.0 Å². The first kappa shape index (κ1) is 22.0. The van der Waals surface area contributed by atoms with Gasteiger partial charge in [-0.15, -0.1) is 24.0 Å². The molecule has 0 spiro atoms. The molecule has 0 aliphatic rings. The molecule has 0 saturated heterocycles. The van der Waals surface area contributed by atoms with Crippen LogP contribution in [0.25, 0.3) is 0 Å². The molecular formula is C19H28IN5O. The van der Waals surface area contributed by atoms with Gasteiger partial charge < -0.3 is 19.7 Å². The molecule has 0 bridgehead atoms. The summed E-state index contributed by atoms with van der Waals surface area (Å²) < 4.78 is 2.08. The predicted octanol–water partition coefficient (Wildman–Crippen LogP) is 2.31. The second kappa shape index (κ2) is 10.8. The summed E-state index contributed by atoms with van der Waals surface area (Å²) in [6.07, 6.45) is 2.02. The fourth-order valence-corrected chi connectivity index (χ4v) is 2.35. The molecule has 2 rings (SSSR count). The van der Waals surface area contributed by atoms with E-state index in [0.717, 1.165) is 5.56 Å². The molecule has 6 nitrogen and oxygen atoms in total. The normalized spacial score (nSPS) is 10.8. The quantitative estimate of drug-likeness (QED) is 0.402. The Hall–Kier alpha value is -2.03. The second-order valence-corrected chi connectivity index (χ2v) is 6.23. The highest BCUT2D eigenvalue weighted by Gasteiger charge is 2.11. The number of nitrogens with zero attached hydrogens (tertiary/aromatic N) is 4. The highest BCUT2D eigenvalue weighted by molar-refractivity contribution is 14.0. The van der Waals surface area contributed by atoms with Crippen molar-refractivity contribution < 1.29 is 4.79 Å². The summed E-state index contributed by atoms with van der Waals surface area (Å²) in [5.74, 6) is 0.722. The summed E-state index contributed by atoms with van der Waals surface area (Å²) >= 11 is 0. The van der Waals surface area contributed by atoms with Crippen LogP contribution in [-0.2, 0) is 24.9 Å². The van der Waals surface area contributed by atoms with Crippen LogP contribution in [0.4, 0.5) is 0 Å². The van der Waals surface area contributed by atoms with Crippen LogP contribution in [-0.4, -0.2) is 53.9 Å². The van der Waals surface area contributed by atoms with Gasteiger partial charge in [0.1, 0.15) is 0 Å². The van der Waals surface area contributed by atoms with E-state index >= 15 is 0 Å². The van der Waals surface area contributed by atoms with Gasteiger partial charge in [0.05, 0.1) is 19.6 Å². The monoisotopic (exact) mass is 469 g/mol. The van der Waals surface area contributed by atoms with Gasteiger partial charge in [-0.3, -0.25) is 4.79 Å². The lowest BCUT2D eigenvalue weighted by Gasteiger charge is -2.23. The average Bonchev–Trinajstić information content (AvgIpc) is 3.00. The number of carbonyl (C=O) groups excluding carboxylic acids is 1. The first-order valence-corrected chi connectivity index (χ1v) is 8.31. The van der Waals surface area contributed by atoms with Crippen molar-refractivity contribution in [3.05, 3.63) is 59.9 Å². The highest BCUT2D eigenvalue weighted by atomic mass is 127. The number of aromatic nitrogens is 1. The SMILES string of the molecule is CN(C)C(=O)CNC(=NCc1ccccc1)N(C)Cc1cccn1C.I. The van der Waals surface area contributed by atoms with Crippen molar-refractivity contribution in [3.63, 3.8) is 0 Å². The third kappa shape index (κ3) is 6.70. The number of guanidine groups is 1. The van der Waals surface area contributed by atoms with Crippen molar-refractivity contribution in [1.82, 2.24) is 19.7 Å². The molecule has 26 heavy (non-hydrogen) atoms. The highest BCUT2D eigenvalue weighted by Crippen LogP contribution is 2.05. The van der Waals surface area contributed by atoms with Crippen molar-refractivity contribution in [2.45, 2.75) is 13.1 Å². The molecule has 0 atom stereocenters. The Balaban J connectivity index is 0.00000338. The first-order chi connectivity index (χ1) is 12.0. The van der Waals surface area contributed by atoms with E-state index in [2.05, 4.69) is 20.9 Å². The minimum absolute atomic E-state index is 0. The fraction of sp³-hybridized carbons (Fsp3) is 0.368. The van der Waals surface area contributed by atoms with Crippen molar-refractivity contribution in [3.8, 4) is 0 Å². The van der Waals surface area contributed by atoms with Gasteiger partial charge in [-0.05, 0) is 17.7 Å². The van der Waals surface area contributed by atoms with E-state index in [-0.39, 0.29) is 36.4 Å². The number of rotatable bonds is 6. The number of aryl methyl sites for hydroxylation is 1. The Morgan fingerprint density at radius 3 is 2.38 bits per heavy atom. The molecule has 2 aromatic rings. The topological polar surface area (TPSA) is 52.9 Å². The van der Waals surface area contributed by atoms with Gasteiger partial charge in [0.15, 0.2) is 5.96 Å². The maximum absolute atomic E-state index is 11.9. The van der Waals surface area contributed by atoms with E-state index in [1.54, 1.807) is 19.0 Å². The molecule has 0 radical (unpaired) electrons. The largest absolute Gasteiger partial charge is 0.353 e. The van der Waals surface area contributed by atoms with Crippen LogP contribution in [0, 0.1) is 0 Å². The van der Waals surface area contributed by atoms with Crippen LogP contribution in [0.15, 0.2) is 53.7 Å². The fourth-order valence-electron chi connectivity index (χ4n) is 2.35. The molecule has 1 aromatic heterocycles. The maximum atomic E-state index is 11.9. The lowest BCUT2D eigenvalue weighted by atomic mass is 10.2. The zero-order valence-corrected chi connectivity index (χ0v) is 18.2. The van der Waals surface area contributed by atoms with Gasteiger partial charge in [0, 0.05) is 40.1 Å². The van der Waals surface area contributed by atoms with Gasteiger partial charge >= 0.3 is 0 Å². The summed E-state index contributed by atoms with van der Waals surface area (Å²) in [6.45, 7) is 1.50. The minimum atomic E-state index is 0. The third-order valence-corrected chi connectivity index (χ3v) is 3.96. The van der Waals surface area contributed by atoms with E-state index in [4.69, 9.17) is 0 Å². The van der Waals surface area contributed by atoms with Crippen molar-refractivity contribution in [2.24, 2.45) is 12.0 Å². The second-order valence-electron chi connectivity index (χ2n) is 6.23. The molecular weight excluding hydrogens is 441 g/mol. The zero-order valence-electron chi connectivity index (χ0n) is 15.8. The van der Waals surface area contributed by atoms with Crippen LogP contribution in [0.5, 0.6) is 0 Å². The lowest BCUT2D eigenvalue weighted by molar-refractivity contribution is -0.127. The summed E-state index contributed by atoms with van der Waals surface area (Å²) in [6, 6.07) is 14.2. The van der Waals surface area contributed by atoms with Crippen LogP contribution >= 0.6 is 24.0 Å². The Morgan fingerprint density at radius 1 is 1.12 bits per heavy atom. The molecule has 0 fully saturated rings. The van der Waals surface area contributed by atoms with Gasteiger partial charge in [-0.2, -0.15) is 0 Å². The molecule has 1 amide bonds. The Kier molecular flexibility index (Phi) is 9.18. The van der Waals surface area contributed by atoms with Gasteiger partial charge in [-0.25, -0.2) is 4.99 Å². The average molecular weight is 469 g/mol. The number of nitrogens with one attached hydrogen (secondary N) is 1. The summed E-state index contributed by atoms with van der Waals surface area (Å²) in [5.41, 5.74) is 2.31. The molecule has 0 aliphatic heterocycles. The van der Waals surface area contributed by atoms with Crippen LogP contribution in [0.3, 0.4) is 0 Å². The van der Waals surface area contributed by atoms with Gasteiger partial charge in [-0.1, -0.05) is 30.3 Å². The smallest absolute Gasteiger partial charge is 0.241 e. The Morgan fingerprint density at radius 2 is 1.81 bits per heavy atom. The van der Waals surface area contributed by atoms with E-state index in [9.17, 15) is 4.79 Å². The molecule has 1 N–H and O–H groups in total. The van der Waals surface area contributed by atoms with Gasteiger partial charge in [0.25, 0.3) is 0 Å². The Labute approximate surface area is 172 Å². The Bertz CT molecular complexity index is 712. The molecule has 0 unspecified atom stereocenters. The number of amides is 1. The van der Waals surface area contributed by atoms with E-state index in [1.807, 2.05) is 61.6 Å². The molecule has 1 aromatic carbocycles. The van der Waals surface area contributed by atoms with E-state index in [1.165, 1.54) is 5.69 Å². The number of halogens is 1. The third-order valence-electron chi connectivity index (χ3n) is 3.96. The lowest BCUT2D eigenvalue weighted by Crippen LogP contribution is -2.43. The molecule has 1 heterocycles. The first-order valence-electron chi connectivity index (χ1n) is 8.31. The number of carbonyl (C=O) groups is 1. The minimum Gasteiger partial charge on any atom is -0.353 e. The van der Waals surface area contributed by atoms with Crippen LogP contribution in [0.1, 0.15) is 11.3 Å². The van der Waals surface area contributed by atoms with Crippen molar-refractivity contribution >= 4 is 35.8 Å². The standard InChI is InChI=1S/C19H27N5O.HI/c1-22(2)18(25)14-21-19(20-13-16-9-6-5-7-10-16)24(4)15-17-11-8-12-23(17)3;/h5-12H,13-15H2,1-4H3,(H,20,21);1H. The maximum Gasteiger partial charge on any atom is 0.241 e. The summed E-state index contributed by atoms with van der Waals surface area (Å²) in [7, 11) is 7.49. The zero-order chi connectivity index (χ0) is 18.2. The molecule has 0 aliphatic carbocycles. The number of likely N-dealkylation sites (N-methyl/N-ethyl adjacent to an activating group) is 1. The van der Waals surface area contributed by atoms with Crippen molar-refractivity contribution in [1.29, 1.82) is 0 Å². The number of benzene rings is 1. The van der Waals surface area contributed by atoms with Crippen molar-refractivity contribution in [2.75, 3.05) is 27.7 Å². The number of hydrogen-bond acceptors (Lipinski definition) is 2. The summed E-state index contributed by atoms with van der Waals surface area (Å²) in [4.78, 5) is 20.2.